The minimum Gasteiger partial charge on any atom is -0.494 e. The molecule has 7 nitrogen and oxygen atoms in total. The van der Waals surface area contributed by atoms with Gasteiger partial charge in [0.25, 0.3) is 5.91 Å². The SMILES string of the molecule is CCOc1ccc(N=C2NC(=O)/C(=C/c3cc(C)n(-c4sc5c(c4C(=O)OC)CCCC5)c3C)S2)cc1. The van der Waals surface area contributed by atoms with Gasteiger partial charge in [0.1, 0.15) is 10.8 Å². The average molecular weight is 536 g/mol. The summed E-state index contributed by atoms with van der Waals surface area (Å²) in [6.45, 7) is 6.59. The molecule has 1 aliphatic heterocycles. The third kappa shape index (κ3) is 4.98. The third-order valence-corrected chi connectivity index (χ3v) is 8.72. The summed E-state index contributed by atoms with van der Waals surface area (Å²) in [4.78, 5) is 32.0. The highest BCUT2D eigenvalue weighted by Gasteiger charge is 2.29. The van der Waals surface area contributed by atoms with Gasteiger partial charge in [0.15, 0.2) is 5.17 Å². The Bertz CT molecular complexity index is 1430. The van der Waals surface area contributed by atoms with Crippen molar-refractivity contribution >= 4 is 51.9 Å². The molecule has 1 saturated heterocycles. The van der Waals surface area contributed by atoms with E-state index in [1.54, 1.807) is 11.3 Å². The number of aliphatic imine (C=N–C) groups is 1. The van der Waals surface area contributed by atoms with E-state index >= 15 is 0 Å². The van der Waals surface area contributed by atoms with Crippen LogP contribution < -0.4 is 10.1 Å². The maximum absolute atomic E-state index is 12.8. The number of hydrogen-bond donors (Lipinski definition) is 1. The lowest BCUT2D eigenvalue weighted by Gasteiger charge is -2.12. The lowest BCUT2D eigenvalue weighted by molar-refractivity contribution is -0.115. The number of nitrogens with zero attached hydrogens (tertiary/aromatic N) is 2. The van der Waals surface area contributed by atoms with Gasteiger partial charge in [-0.15, -0.1) is 11.3 Å². The number of hydrogen-bond acceptors (Lipinski definition) is 7. The largest absolute Gasteiger partial charge is 0.494 e. The molecule has 1 N–H and O–H groups in total. The normalized spacial score (nSPS) is 17.2. The van der Waals surface area contributed by atoms with Crippen LogP contribution in [0.5, 0.6) is 5.75 Å². The number of nitrogens with one attached hydrogen (secondary N) is 1. The molecule has 5 rings (SSSR count). The second-order valence-corrected chi connectivity index (χ2v) is 11.1. The summed E-state index contributed by atoms with van der Waals surface area (Å²) in [5, 5.41) is 4.30. The molecule has 0 radical (unpaired) electrons. The van der Waals surface area contributed by atoms with Crippen LogP contribution in [0.4, 0.5) is 5.69 Å². The van der Waals surface area contributed by atoms with E-state index in [2.05, 4.69) is 20.9 Å². The van der Waals surface area contributed by atoms with Crippen molar-refractivity contribution in [3.63, 3.8) is 0 Å². The molecular formula is C28H29N3O4S2. The zero-order valence-electron chi connectivity index (χ0n) is 21.3. The van der Waals surface area contributed by atoms with Crippen molar-refractivity contribution in [2.24, 2.45) is 4.99 Å². The van der Waals surface area contributed by atoms with E-state index in [0.717, 1.165) is 64.6 Å². The van der Waals surface area contributed by atoms with Crippen LogP contribution >= 0.6 is 23.1 Å². The predicted octanol–water partition coefficient (Wildman–Crippen LogP) is 6.11. The number of amides is 1. The first-order chi connectivity index (χ1) is 17.9. The van der Waals surface area contributed by atoms with E-state index in [0.29, 0.717) is 22.2 Å². The van der Waals surface area contributed by atoms with Gasteiger partial charge in [-0.2, -0.15) is 0 Å². The first-order valence-electron chi connectivity index (χ1n) is 12.3. The highest BCUT2D eigenvalue weighted by Crippen LogP contribution is 2.39. The van der Waals surface area contributed by atoms with E-state index in [1.807, 2.05) is 51.1 Å². The molecule has 37 heavy (non-hydrogen) atoms. The molecule has 9 heteroatoms. The van der Waals surface area contributed by atoms with Crippen molar-refractivity contribution in [1.29, 1.82) is 0 Å². The highest BCUT2D eigenvalue weighted by molar-refractivity contribution is 8.18. The standard InChI is InChI=1S/C28H29N3O4S2/c1-5-35-20-12-10-19(11-13-20)29-28-30-25(32)23(37-28)15-18-14-16(2)31(17(18)3)26-24(27(33)34-4)21-8-6-7-9-22(21)36-26/h10-15H,5-9H2,1-4H3,(H,29,30,32)/b23-15-. The Morgan fingerprint density at radius 1 is 1.19 bits per heavy atom. The minimum absolute atomic E-state index is 0.179. The van der Waals surface area contributed by atoms with Gasteiger partial charge >= 0.3 is 5.97 Å². The number of esters is 1. The van der Waals surface area contributed by atoms with Crippen LogP contribution in [-0.4, -0.2) is 35.3 Å². The van der Waals surface area contributed by atoms with Gasteiger partial charge in [-0.1, -0.05) is 0 Å². The summed E-state index contributed by atoms with van der Waals surface area (Å²) >= 11 is 2.99. The van der Waals surface area contributed by atoms with Crippen molar-refractivity contribution in [2.75, 3.05) is 13.7 Å². The van der Waals surface area contributed by atoms with Gasteiger partial charge in [0.2, 0.25) is 0 Å². The van der Waals surface area contributed by atoms with Crippen molar-refractivity contribution in [3.05, 3.63) is 68.2 Å². The first-order valence-corrected chi connectivity index (χ1v) is 14.0. The van der Waals surface area contributed by atoms with Crippen molar-refractivity contribution < 1.29 is 19.1 Å². The predicted molar refractivity (Wildman–Crippen MR) is 150 cm³/mol. The second kappa shape index (κ2) is 10.6. The molecule has 3 aromatic rings. The van der Waals surface area contributed by atoms with E-state index in [9.17, 15) is 9.59 Å². The van der Waals surface area contributed by atoms with Crippen LogP contribution in [0.15, 0.2) is 40.2 Å². The summed E-state index contributed by atoms with van der Waals surface area (Å²) in [7, 11) is 1.44. The fourth-order valence-electron chi connectivity index (χ4n) is 4.79. The molecule has 3 heterocycles. The average Bonchev–Trinajstić information content (AvgIpc) is 3.52. The number of amidine groups is 1. The van der Waals surface area contributed by atoms with Crippen LogP contribution in [0.2, 0.25) is 0 Å². The topological polar surface area (TPSA) is 81.9 Å². The van der Waals surface area contributed by atoms with Crippen LogP contribution in [0.25, 0.3) is 11.1 Å². The van der Waals surface area contributed by atoms with Crippen molar-refractivity contribution in [3.8, 4) is 10.8 Å². The highest BCUT2D eigenvalue weighted by atomic mass is 32.2. The summed E-state index contributed by atoms with van der Waals surface area (Å²) in [5.74, 6) is 0.316. The smallest absolute Gasteiger partial charge is 0.341 e. The van der Waals surface area contributed by atoms with Crippen LogP contribution in [0.1, 0.15) is 57.5 Å². The monoisotopic (exact) mass is 535 g/mol. The maximum atomic E-state index is 12.8. The van der Waals surface area contributed by atoms with Gasteiger partial charge in [-0.3, -0.25) is 4.79 Å². The summed E-state index contributed by atoms with van der Waals surface area (Å²) < 4.78 is 12.8. The molecule has 0 atom stereocenters. The lowest BCUT2D eigenvalue weighted by Crippen LogP contribution is -2.19. The molecule has 1 amide bonds. The zero-order valence-corrected chi connectivity index (χ0v) is 23.0. The molecule has 1 fully saturated rings. The molecule has 0 saturated carbocycles. The lowest BCUT2D eigenvalue weighted by atomic mass is 9.95. The molecular weight excluding hydrogens is 506 g/mol. The second-order valence-electron chi connectivity index (χ2n) is 8.95. The molecule has 0 spiro atoms. The molecule has 2 aliphatic rings. The first kappa shape index (κ1) is 25.4. The van der Waals surface area contributed by atoms with Gasteiger partial charge < -0.3 is 19.4 Å². The molecule has 1 aliphatic carbocycles. The summed E-state index contributed by atoms with van der Waals surface area (Å²) in [5.41, 5.74) is 5.45. The Kier molecular flexibility index (Phi) is 7.26. The maximum Gasteiger partial charge on any atom is 0.341 e. The molecule has 0 unspecified atom stereocenters. The Balaban J connectivity index is 1.46. The Hall–Kier alpha value is -3.30. The van der Waals surface area contributed by atoms with Gasteiger partial charge in [-0.25, -0.2) is 9.79 Å². The minimum atomic E-state index is -0.289. The Labute approximate surface area is 224 Å². The van der Waals surface area contributed by atoms with E-state index in [4.69, 9.17) is 9.47 Å². The number of thioether (sulfide) groups is 1. The van der Waals surface area contributed by atoms with Crippen LogP contribution in [0, 0.1) is 13.8 Å². The number of aryl methyl sites for hydroxylation is 2. The molecule has 192 valence electrons. The summed E-state index contributed by atoms with van der Waals surface area (Å²) in [6.07, 6.45) is 6.01. The number of thiophene rings is 1. The molecule has 2 aromatic heterocycles. The van der Waals surface area contributed by atoms with Crippen molar-refractivity contribution in [2.45, 2.75) is 46.5 Å². The molecule has 0 bridgehead atoms. The number of ether oxygens (including phenoxy) is 2. The van der Waals surface area contributed by atoms with Crippen molar-refractivity contribution in [1.82, 2.24) is 9.88 Å². The van der Waals surface area contributed by atoms with Gasteiger partial charge in [0.05, 0.1) is 29.9 Å². The summed E-state index contributed by atoms with van der Waals surface area (Å²) in [6, 6.07) is 9.50. The number of carbonyl (C=O) groups excluding carboxylic acids is 2. The fraction of sp³-hybridized carbons (Fsp3) is 0.321. The number of benzene rings is 1. The van der Waals surface area contributed by atoms with Gasteiger partial charge in [-0.05, 0) is 106 Å². The Morgan fingerprint density at radius 3 is 2.68 bits per heavy atom. The van der Waals surface area contributed by atoms with Gasteiger partial charge in [0, 0.05) is 16.3 Å². The Morgan fingerprint density at radius 2 is 1.95 bits per heavy atom. The molecule has 1 aromatic carbocycles. The zero-order chi connectivity index (χ0) is 26.1. The number of rotatable bonds is 6. The van der Waals surface area contributed by atoms with Crippen LogP contribution in [0.3, 0.4) is 0 Å². The van der Waals surface area contributed by atoms with E-state index in [-0.39, 0.29) is 11.9 Å². The third-order valence-electron chi connectivity index (χ3n) is 6.53. The number of carbonyl (C=O) groups is 2. The van der Waals surface area contributed by atoms with E-state index < -0.39 is 0 Å². The quantitative estimate of drug-likeness (QED) is 0.304. The fourth-order valence-corrected chi connectivity index (χ4v) is 7.11. The van der Waals surface area contributed by atoms with E-state index in [1.165, 1.54) is 23.7 Å². The number of fused-ring (bicyclic) bond motifs is 1. The number of aromatic nitrogens is 1. The number of methoxy groups -OCH3 is 1. The van der Waals surface area contributed by atoms with Crippen LogP contribution in [-0.2, 0) is 22.4 Å².